The smallest absolute Gasteiger partial charge is 0.300 e. The molecule has 10 nitrogen and oxygen atoms in total. The first kappa shape index (κ1) is 22.3. The molecule has 0 unspecified atom stereocenters. The molecular weight excluding hydrogens is 388 g/mol. The van der Waals surface area contributed by atoms with E-state index in [9.17, 15) is 36.2 Å². The van der Waals surface area contributed by atoms with Crippen molar-refractivity contribution in [2.45, 2.75) is 37.5 Å². The fraction of sp³-hybridized carbons (Fsp3) is 0.571. The summed E-state index contributed by atoms with van der Waals surface area (Å²) in [5.41, 5.74) is -1.20. The quantitative estimate of drug-likeness (QED) is 0.362. The third-order valence-corrected chi connectivity index (χ3v) is 5.79. The summed E-state index contributed by atoms with van der Waals surface area (Å²) in [6.07, 6.45) is 0. The highest BCUT2D eigenvalue weighted by Gasteiger charge is 2.38. The Morgan fingerprint density at radius 1 is 0.654 bits per heavy atom. The van der Waals surface area contributed by atoms with Crippen molar-refractivity contribution in [1.29, 1.82) is 0 Å². The summed E-state index contributed by atoms with van der Waals surface area (Å²) < 4.78 is 66.8. The van der Waals surface area contributed by atoms with Gasteiger partial charge in [0.1, 0.15) is 11.4 Å². The monoisotopic (exact) mass is 412 g/mol. The highest BCUT2D eigenvalue weighted by Crippen LogP contribution is 2.51. The van der Waals surface area contributed by atoms with Gasteiger partial charge in [-0.1, -0.05) is 0 Å². The lowest BCUT2D eigenvalue weighted by molar-refractivity contribution is 0.416. The molecule has 1 aromatic carbocycles. The van der Waals surface area contributed by atoms with Gasteiger partial charge in [0.25, 0.3) is 0 Å². The van der Waals surface area contributed by atoms with Gasteiger partial charge in [0.05, 0.1) is 0 Å². The van der Waals surface area contributed by atoms with Crippen molar-refractivity contribution in [2.24, 2.45) is 0 Å². The molecule has 4 N–H and O–H groups in total. The van der Waals surface area contributed by atoms with Gasteiger partial charge in [-0.2, -0.15) is 16.8 Å². The molecule has 0 saturated carbocycles. The number of phenolic OH excluding ortho intramolecular Hbond substituents is 2. The van der Waals surface area contributed by atoms with E-state index in [2.05, 4.69) is 0 Å². The number of aromatic hydroxyl groups is 2. The molecule has 12 heteroatoms. The fourth-order valence-electron chi connectivity index (χ4n) is 2.81. The first-order valence-electron chi connectivity index (χ1n) is 7.93. The zero-order valence-corrected chi connectivity index (χ0v) is 16.6. The average Bonchev–Trinajstić information content (AvgIpc) is 2.51. The number of rotatable bonds is 8. The van der Waals surface area contributed by atoms with Crippen molar-refractivity contribution >= 4 is 31.6 Å². The van der Waals surface area contributed by atoms with E-state index in [1.54, 1.807) is 27.7 Å². The van der Waals surface area contributed by atoms with Gasteiger partial charge in [0, 0.05) is 26.2 Å². The zero-order chi connectivity index (χ0) is 20.4. The summed E-state index contributed by atoms with van der Waals surface area (Å²) in [6.45, 7) is 6.89. The van der Waals surface area contributed by atoms with Crippen molar-refractivity contribution in [3.05, 3.63) is 0 Å². The van der Waals surface area contributed by atoms with Crippen molar-refractivity contribution in [3.8, 4) is 11.5 Å². The Bertz CT molecular complexity index is 799. The number of benzene rings is 1. The van der Waals surface area contributed by atoms with Gasteiger partial charge in [0.15, 0.2) is 21.3 Å². The predicted molar refractivity (Wildman–Crippen MR) is 96.5 cm³/mol. The summed E-state index contributed by atoms with van der Waals surface area (Å²) in [6, 6.07) is 0. The molecule has 0 aromatic heterocycles. The Hall–Kier alpha value is -1.76. The van der Waals surface area contributed by atoms with Crippen molar-refractivity contribution in [1.82, 2.24) is 0 Å². The Labute approximate surface area is 153 Å². The molecule has 150 valence electrons. The summed E-state index contributed by atoms with van der Waals surface area (Å²) in [5, 5.41) is 21.1. The first-order valence-corrected chi connectivity index (χ1v) is 10.8. The first-order chi connectivity index (χ1) is 11.9. The maximum absolute atomic E-state index is 11.9. The second-order valence-electron chi connectivity index (χ2n) is 5.35. The molecule has 0 spiro atoms. The van der Waals surface area contributed by atoms with E-state index in [0.29, 0.717) is 0 Å². The highest BCUT2D eigenvalue weighted by molar-refractivity contribution is 7.86. The lowest BCUT2D eigenvalue weighted by Gasteiger charge is -2.30. The number of anilines is 2. The molecule has 0 aliphatic rings. The molecule has 0 amide bonds. The zero-order valence-electron chi connectivity index (χ0n) is 15.0. The number of hydrogen-bond donors (Lipinski definition) is 4. The van der Waals surface area contributed by atoms with E-state index in [1.165, 1.54) is 9.80 Å². The molecule has 26 heavy (non-hydrogen) atoms. The predicted octanol–water partition coefficient (Wildman–Crippen LogP) is 1.28. The molecule has 0 radical (unpaired) electrons. The second kappa shape index (κ2) is 7.86. The van der Waals surface area contributed by atoms with Gasteiger partial charge in [-0.15, -0.1) is 0 Å². The Morgan fingerprint density at radius 2 is 0.885 bits per heavy atom. The molecule has 1 rings (SSSR count). The van der Waals surface area contributed by atoms with Crippen LogP contribution in [0.25, 0.3) is 0 Å². The Balaban J connectivity index is 4.30. The van der Waals surface area contributed by atoms with Crippen LogP contribution in [0, 0.1) is 0 Å². The number of phenols is 2. The van der Waals surface area contributed by atoms with E-state index < -0.39 is 52.9 Å². The molecule has 0 atom stereocenters. The van der Waals surface area contributed by atoms with Crippen LogP contribution in [-0.2, 0) is 20.2 Å². The third-order valence-electron chi connectivity index (χ3n) is 3.98. The minimum Gasteiger partial charge on any atom is -0.504 e. The molecule has 0 aliphatic carbocycles. The summed E-state index contributed by atoms with van der Waals surface area (Å²) in [5.74, 6) is -2.13. The van der Waals surface area contributed by atoms with Crippen LogP contribution in [0.1, 0.15) is 27.7 Å². The minimum atomic E-state index is -5.04. The topological polar surface area (TPSA) is 156 Å². The molecule has 1 aromatic rings. The lowest BCUT2D eigenvalue weighted by atomic mass is 10.2. The largest absolute Gasteiger partial charge is 0.504 e. The van der Waals surface area contributed by atoms with Crippen molar-refractivity contribution in [2.75, 3.05) is 36.0 Å². The average molecular weight is 412 g/mol. The molecule has 0 fully saturated rings. The van der Waals surface area contributed by atoms with Gasteiger partial charge in [-0.05, 0) is 27.7 Å². The second-order valence-corrected chi connectivity index (χ2v) is 8.06. The van der Waals surface area contributed by atoms with Gasteiger partial charge in [-0.3, -0.25) is 9.11 Å². The van der Waals surface area contributed by atoms with Gasteiger partial charge >= 0.3 is 20.2 Å². The summed E-state index contributed by atoms with van der Waals surface area (Å²) in [4.78, 5) is 0.429. The fourth-order valence-corrected chi connectivity index (χ4v) is 4.43. The van der Waals surface area contributed by atoms with Crippen LogP contribution in [0.3, 0.4) is 0 Å². The Morgan fingerprint density at radius 3 is 1.04 bits per heavy atom. The van der Waals surface area contributed by atoms with Crippen LogP contribution in [0.15, 0.2) is 9.79 Å². The van der Waals surface area contributed by atoms with Crippen LogP contribution >= 0.6 is 0 Å². The van der Waals surface area contributed by atoms with Crippen LogP contribution in [-0.4, -0.2) is 62.3 Å². The molecular formula is C14H24N2O8S2. The lowest BCUT2D eigenvalue weighted by Crippen LogP contribution is -2.28. The van der Waals surface area contributed by atoms with E-state index in [0.717, 1.165) is 0 Å². The van der Waals surface area contributed by atoms with Gasteiger partial charge in [-0.25, -0.2) is 0 Å². The molecule has 0 saturated heterocycles. The van der Waals surface area contributed by atoms with E-state index >= 15 is 0 Å². The number of nitrogens with zero attached hydrogens (tertiary/aromatic N) is 2. The maximum atomic E-state index is 11.9. The number of hydrogen-bond acceptors (Lipinski definition) is 8. The van der Waals surface area contributed by atoms with Gasteiger partial charge in [0.2, 0.25) is 0 Å². The molecule has 0 aliphatic heterocycles. The van der Waals surface area contributed by atoms with Crippen LogP contribution in [0.4, 0.5) is 11.4 Å². The standard InChI is InChI=1S/C14H24N2O8S2/c1-5-15(6-2)9-11(17)14(26(22,23)24)10(16(7-3)8-4)12(18)13(9)25(19,20)21/h17-18H,5-8H2,1-4H3,(H,19,20,21)(H,22,23,24). The third kappa shape index (κ3) is 3.98. The van der Waals surface area contributed by atoms with Crippen molar-refractivity contribution in [3.63, 3.8) is 0 Å². The van der Waals surface area contributed by atoms with E-state index in [4.69, 9.17) is 0 Å². The molecule has 0 heterocycles. The van der Waals surface area contributed by atoms with Gasteiger partial charge < -0.3 is 20.0 Å². The normalized spacial score (nSPS) is 12.2. The van der Waals surface area contributed by atoms with E-state index in [1.807, 2.05) is 0 Å². The van der Waals surface area contributed by atoms with Crippen LogP contribution in [0.5, 0.6) is 11.5 Å². The summed E-state index contributed by atoms with van der Waals surface area (Å²) >= 11 is 0. The molecule has 0 bridgehead atoms. The van der Waals surface area contributed by atoms with Crippen LogP contribution < -0.4 is 9.80 Å². The summed E-state index contributed by atoms with van der Waals surface area (Å²) in [7, 11) is -10.1. The highest BCUT2D eigenvalue weighted by atomic mass is 32.2. The minimum absolute atomic E-state index is 0.127. The SMILES string of the molecule is CCN(CC)c1c(O)c(S(=O)(=O)O)c(N(CC)CC)c(O)c1S(=O)(=O)O. The Kier molecular flexibility index (Phi) is 6.74. The maximum Gasteiger partial charge on any atom is 0.300 e. The van der Waals surface area contributed by atoms with Crippen LogP contribution in [0.2, 0.25) is 0 Å². The van der Waals surface area contributed by atoms with E-state index in [-0.39, 0.29) is 26.2 Å². The van der Waals surface area contributed by atoms with Crippen molar-refractivity contribution < 1.29 is 36.2 Å².